The lowest BCUT2D eigenvalue weighted by Gasteiger charge is -2.24. The van der Waals surface area contributed by atoms with Gasteiger partial charge in [0.25, 0.3) is 0 Å². The molecule has 1 unspecified atom stereocenters. The first-order valence-corrected chi connectivity index (χ1v) is 8.17. The number of hydrogen-bond donors (Lipinski definition) is 1. The Kier molecular flexibility index (Phi) is 4.11. The van der Waals surface area contributed by atoms with Crippen molar-refractivity contribution in [1.29, 1.82) is 0 Å². The maximum absolute atomic E-state index is 3.64. The Morgan fingerprint density at radius 2 is 2.06 bits per heavy atom. The van der Waals surface area contributed by atoms with Crippen molar-refractivity contribution in [1.82, 2.24) is 10.2 Å². The van der Waals surface area contributed by atoms with Crippen molar-refractivity contribution in [2.45, 2.75) is 50.3 Å². The minimum Gasteiger partial charge on any atom is -0.312 e. The van der Waals surface area contributed by atoms with Gasteiger partial charge in [0.15, 0.2) is 0 Å². The number of likely N-dealkylation sites (tertiary alicyclic amines) is 1. The first-order chi connectivity index (χ1) is 7.92. The van der Waals surface area contributed by atoms with E-state index >= 15 is 0 Å². The third-order valence-electron chi connectivity index (χ3n) is 4.04. The Labute approximate surface area is 111 Å². The van der Waals surface area contributed by atoms with Gasteiger partial charge in [-0.15, -0.1) is 0 Å². The van der Waals surface area contributed by atoms with E-state index in [4.69, 9.17) is 0 Å². The zero-order valence-corrected chi connectivity index (χ0v) is 12.7. The van der Waals surface area contributed by atoms with Crippen molar-refractivity contribution >= 4 is 11.8 Å². The van der Waals surface area contributed by atoms with Crippen molar-refractivity contribution in [3.63, 3.8) is 0 Å². The van der Waals surface area contributed by atoms with Crippen LogP contribution in [0.5, 0.6) is 0 Å². The fourth-order valence-corrected chi connectivity index (χ4v) is 3.47. The van der Waals surface area contributed by atoms with E-state index in [0.717, 1.165) is 5.92 Å². The van der Waals surface area contributed by atoms with E-state index in [0.29, 0.717) is 4.75 Å². The van der Waals surface area contributed by atoms with Crippen LogP contribution in [0.15, 0.2) is 0 Å². The summed E-state index contributed by atoms with van der Waals surface area (Å²) < 4.78 is 0.645. The second-order valence-electron chi connectivity index (χ2n) is 6.91. The summed E-state index contributed by atoms with van der Waals surface area (Å²) in [5.74, 6) is 0.867. The van der Waals surface area contributed by atoms with Gasteiger partial charge in [-0.25, -0.2) is 0 Å². The standard InChI is InChI=1S/C14H28N2S/c1-13(2,3)15-9-12-5-8-16(10-12)11-14(17-4)6-7-14/h12,15H,5-11H2,1-4H3. The van der Waals surface area contributed by atoms with Crippen LogP contribution in [0.4, 0.5) is 0 Å². The number of nitrogens with zero attached hydrogens (tertiary/aromatic N) is 1. The predicted octanol–water partition coefficient (Wildman–Crippen LogP) is 2.59. The van der Waals surface area contributed by atoms with Crippen molar-refractivity contribution in [3.05, 3.63) is 0 Å². The minimum atomic E-state index is 0.268. The molecule has 100 valence electrons. The highest BCUT2D eigenvalue weighted by Gasteiger charge is 2.44. The molecule has 1 saturated heterocycles. The van der Waals surface area contributed by atoms with Crippen LogP contribution in [0.25, 0.3) is 0 Å². The number of thioether (sulfide) groups is 1. The number of hydrogen-bond acceptors (Lipinski definition) is 3. The van der Waals surface area contributed by atoms with Crippen LogP contribution < -0.4 is 5.32 Å². The Bertz CT molecular complexity index is 255. The van der Waals surface area contributed by atoms with Gasteiger partial charge in [0.2, 0.25) is 0 Å². The molecule has 2 rings (SSSR count). The summed E-state index contributed by atoms with van der Waals surface area (Å²) in [7, 11) is 0. The first kappa shape index (κ1) is 13.7. The van der Waals surface area contributed by atoms with Crippen molar-refractivity contribution < 1.29 is 0 Å². The topological polar surface area (TPSA) is 15.3 Å². The molecule has 1 aliphatic heterocycles. The summed E-state index contributed by atoms with van der Waals surface area (Å²) in [5.41, 5.74) is 0.268. The maximum atomic E-state index is 3.64. The quantitative estimate of drug-likeness (QED) is 0.814. The lowest BCUT2D eigenvalue weighted by Crippen LogP contribution is -2.40. The van der Waals surface area contributed by atoms with E-state index < -0.39 is 0 Å². The molecule has 2 aliphatic rings. The van der Waals surface area contributed by atoms with E-state index in [1.54, 1.807) is 0 Å². The van der Waals surface area contributed by atoms with E-state index in [2.05, 4.69) is 49.0 Å². The fourth-order valence-electron chi connectivity index (χ4n) is 2.65. The molecule has 0 bridgehead atoms. The highest BCUT2D eigenvalue weighted by molar-refractivity contribution is 8.00. The van der Waals surface area contributed by atoms with Crippen LogP contribution >= 0.6 is 11.8 Å². The zero-order chi connectivity index (χ0) is 12.5. The molecule has 0 aromatic heterocycles. The van der Waals surface area contributed by atoms with E-state index in [9.17, 15) is 0 Å². The van der Waals surface area contributed by atoms with Gasteiger partial charge in [-0.05, 0) is 65.3 Å². The molecule has 2 nitrogen and oxygen atoms in total. The third kappa shape index (κ3) is 4.15. The van der Waals surface area contributed by atoms with Crippen LogP contribution in [0.1, 0.15) is 40.0 Å². The molecule has 1 saturated carbocycles. The molecule has 0 aromatic rings. The number of rotatable bonds is 5. The largest absolute Gasteiger partial charge is 0.312 e. The van der Waals surface area contributed by atoms with Gasteiger partial charge in [-0.3, -0.25) is 0 Å². The fraction of sp³-hybridized carbons (Fsp3) is 1.00. The molecule has 1 atom stereocenters. The Morgan fingerprint density at radius 1 is 1.35 bits per heavy atom. The van der Waals surface area contributed by atoms with Crippen LogP contribution in [-0.2, 0) is 0 Å². The van der Waals surface area contributed by atoms with Gasteiger partial charge >= 0.3 is 0 Å². The van der Waals surface area contributed by atoms with Gasteiger partial charge in [-0.1, -0.05) is 0 Å². The molecule has 0 radical (unpaired) electrons. The molecule has 0 aromatic carbocycles. The molecule has 17 heavy (non-hydrogen) atoms. The molecule has 1 N–H and O–H groups in total. The highest BCUT2D eigenvalue weighted by atomic mass is 32.2. The molecule has 1 aliphatic carbocycles. The summed E-state index contributed by atoms with van der Waals surface area (Å²) in [6, 6.07) is 0. The summed E-state index contributed by atoms with van der Waals surface area (Å²) in [6.07, 6.45) is 6.54. The Morgan fingerprint density at radius 3 is 2.59 bits per heavy atom. The number of nitrogens with one attached hydrogen (secondary N) is 1. The lowest BCUT2D eigenvalue weighted by molar-refractivity contribution is 0.308. The summed E-state index contributed by atoms with van der Waals surface area (Å²) >= 11 is 2.09. The van der Waals surface area contributed by atoms with Gasteiger partial charge in [0, 0.05) is 23.4 Å². The Hall–Kier alpha value is 0.270. The van der Waals surface area contributed by atoms with Gasteiger partial charge in [-0.2, -0.15) is 11.8 Å². The molecule has 0 amide bonds. The smallest absolute Gasteiger partial charge is 0.0285 e. The van der Waals surface area contributed by atoms with Crippen LogP contribution in [-0.4, -0.2) is 47.6 Å². The summed E-state index contributed by atoms with van der Waals surface area (Å²) in [5, 5.41) is 3.64. The first-order valence-electron chi connectivity index (χ1n) is 6.95. The average molecular weight is 256 g/mol. The lowest BCUT2D eigenvalue weighted by atomic mass is 10.1. The van der Waals surface area contributed by atoms with E-state index in [1.165, 1.54) is 45.4 Å². The molecule has 1 heterocycles. The predicted molar refractivity (Wildman–Crippen MR) is 77.8 cm³/mol. The molecular weight excluding hydrogens is 228 g/mol. The molecule has 0 spiro atoms. The Balaban J connectivity index is 1.69. The minimum absolute atomic E-state index is 0.268. The monoisotopic (exact) mass is 256 g/mol. The highest BCUT2D eigenvalue weighted by Crippen LogP contribution is 2.48. The maximum Gasteiger partial charge on any atom is 0.0285 e. The van der Waals surface area contributed by atoms with Gasteiger partial charge in [0.05, 0.1) is 0 Å². The van der Waals surface area contributed by atoms with Crippen LogP contribution in [0, 0.1) is 5.92 Å². The molecule has 2 fully saturated rings. The van der Waals surface area contributed by atoms with Gasteiger partial charge < -0.3 is 10.2 Å². The van der Waals surface area contributed by atoms with Crippen molar-refractivity contribution in [2.75, 3.05) is 32.4 Å². The van der Waals surface area contributed by atoms with Crippen LogP contribution in [0.3, 0.4) is 0 Å². The summed E-state index contributed by atoms with van der Waals surface area (Å²) in [4.78, 5) is 2.69. The normalized spacial score (nSPS) is 28.6. The molecular formula is C14H28N2S. The van der Waals surface area contributed by atoms with E-state index in [1.807, 2.05) is 0 Å². The van der Waals surface area contributed by atoms with Crippen molar-refractivity contribution in [3.8, 4) is 0 Å². The SMILES string of the molecule is CSC1(CN2CCC(CNC(C)(C)C)C2)CC1. The van der Waals surface area contributed by atoms with Gasteiger partial charge in [0.1, 0.15) is 0 Å². The van der Waals surface area contributed by atoms with Crippen molar-refractivity contribution in [2.24, 2.45) is 5.92 Å². The zero-order valence-electron chi connectivity index (χ0n) is 11.9. The second kappa shape index (κ2) is 5.10. The average Bonchev–Trinajstić information content (AvgIpc) is 2.86. The second-order valence-corrected chi connectivity index (χ2v) is 8.18. The summed E-state index contributed by atoms with van der Waals surface area (Å²) in [6.45, 7) is 11.9. The molecule has 3 heteroatoms. The third-order valence-corrected chi connectivity index (χ3v) is 5.45. The van der Waals surface area contributed by atoms with Crippen LogP contribution in [0.2, 0.25) is 0 Å². The van der Waals surface area contributed by atoms with E-state index in [-0.39, 0.29) is 5.54 Å².